The summed E-state index contributed by atoms with van der Waals surface area (Å²) in [6.07, 6.45) is 0. The SMILES string of the molecule is NS(=O)(=O)Nc1ccc(Cl)c(C(=O)O)c1. The second kappa shape index (κ2) is 4.05. The van der Waals surface area contributed by atoms with Crippen molar-refractivity contribution >= 4 is 33.5 Å². The summed E-state index contributed by atoms with van der Waals surface area (Å²) < 4.78 is 23.2. The number of halogens is 1. The molecule has 0 unspecified atom stereocenters. The standard InChI is InChI=1S/C7H7ClN2O4S/c8-6-2-1-4(10-15(9,13)14)3-5(6)7(11)12/h1-3,10H,(H,11,12)(H2,9,13,14). The Labute approximate surface area is 90.8 Å². The summed E-state index contributed by atoms with van der Waals surface area (Å²) >= 11 is 5.57. The Kier molecular flexibility index (Phi) is 3.18. The minimum Gasteiger partial charge on any atom is -0.478 e. The summed E-state index contributed by atoms with van der Waals surface area (Å²) in [6.45, 7) is 0. The third-order valence-electron chi connectivity index (χ3n) is 1.46. The van der Waals surface area contributed by atoms with Crippen LogP contribution in [0.4, 0.5) is 5.69 Å². The Morgan fingerprint density at radius 1 is 1.47 bits per heavy atom. The third kappa shape index (κ3) is 3.39. The second-order valence-corrected chi connectivity index (χ2v) is 4.35. The maximum atomic E-state index is 10.7. The molecule has 1 aromatic rings. The highest BCUT2D eigenvalue weighted by Crippen LogP contribution is 2.20. The lowest BCUT2D eigenvalue weighted by Crippen LogP contribution is -2.21. The van der Waals surface area contributed by atoms with E-state index >= 15 is 0 Å². The fourth-order valence-electron chi connectivity index (χ4n) is 0.917. The molecular weight excluding hydrogens is 244 g/mol. The molecule has 0 fully saturated rings. The van der Waals surface area contributed by atoms with Crippen LogP contribution in [0.5, 0.6) is 0 Å². The van der Waals surface area contributed by atoms with Crippen LogP contribution in [0.25, 0.3) is 0 Å². The number of nitrogens with one attached hydrogen (secondary N) is 1. The first-order valence-electron chi connectivity index (χ1n) is 3.63. The molecule has 0 bridgehead atoms. The van der Waals surface area contributed by atoms with Crippen LogP contribution in [0.1, 0.15) is 10.4 Å². The Hall–Kier alpha value is -1.31. The molecule has 0 spiro atoms. The van der Waals surface area contributed by atoms with E-state index in [1.165, 1.54) is 12.1 Å². The predicted octanol–water partition coefficient (Wildman–Crippen LogP) is 0.654. The number of rotatable bonds is 3. The van der Waals surface area contributed by atoms with Crippen LogP contribution in [0.3, 0.4) is 0 Å². The third-order valence-corrected chi connectivity index (χ3v) is 2.31. The molecular formula is C7H7ClN2O4S. The van der Waals surface area contributed by atoms with Gasteiger partial charge in [-0.1, -0.05) is 11.6 Å². The van der Waals surface area contributed by atoms with Gasteiger partial charge in [0.15, 0.2) is 0 Å². The van der Waals surface area contributed by atoms with E-state index < -0.39 is 16.2 Å². The molecule has 6 nitrogen and oxygen atoms in total. The van der Waals surface area contributed by atoms with Gasteiger partial charge < -0.3 is 5.11 Å². The largest absolute Gasteiger partial charge is 0.478 e. The normalized spacial score (nSPS) is 11.1. The maximum absolute atomic E-state index is 10.7. The van der Waals surface area contributed by atoms with Crippen LogP contribution in [0.2, 0.25) is 5.02 Å². The summed E-state index contributed by atoms with van der Waals surface area (Å²) in [6, 6.07) is 3.65. The van der Waals surface area contributed by atoms with Crippen molar-refractivity contribution in [3.63, 3.8) is 0 Å². The lowest BCUT2D eigenvalue weighted by molar-refractivity contribution is 0.0697. The van der Waals surface area contributed by atoms with Gasteiger partial charge in [0.05, 0.1) is 16.3 Å². The molecule has 1 aromatic carbocycles. The average Bonchev–Trinajstić information content (AvgIpc) is 2.05. The minimum absolute atomic E-state index is 0.0162. The molecule has 0 aliphatic carbocycles. The minimum atomic E-state index is -3.92. The van der Waals surface area contributed by atoms with Gasteiger partial charge in [0.2, 0.25) is 0 Å². The van der Waals surface area contributed by atoms with E-state index in [9.17, 15) is 13.2 Å². The van der Waals surface area contributed by atoms with E-state index in [1.54, 1.807) is 0 Å². The van der Waals surface area contributed by atoms with Gasteiger partial charge >= 0.3 is 5.97 Å². The number of anilines is 1. The Morgan fingerprint density at radius 2 is 2.07 bits per heavy atom. The van der Waals surface area contributed by atoms with Crippen LogP contribution in [0, 0.1) is 0 Å². The summed E-state index contributed by atoms with van der Waals surface area (Å²) in [5.74, 6) is -1.25. The lowest BCUT2D eigenvalue weighted by Gasteiger charge is -2.05. The zero-order valence-electron chi connectivity index (χ0n) is 7.27. The summed E-state index contributed by atoms with van der Waals surface area (Å²) in [7, 11) is -3.92. The molecule has 0 saturated heterocycles. The highest BCUT2D eigenvalue weighted by Gasteiger charge is 2.11. The van der Waals surface area contributed by atoms with E-state index in [4.69, 9.17) is 21.8 Å². The summed E-state index contributed by atoms with van der Waals surface area (Å²) in [4.78, 5) is 10.6. The van der Waals surface area contributed by atoms with Crippen molar-refractivity contribution in [1.82, 2.24) is 0 Å². The van der Waals surface area contributed by atoms with Gasteiger partial charge in [-0.25, -0.2) is 9.93 Å². The maximum Gasteiger partial charge on any atom is 0.337 e. The van der Waals surface area contributed by atoms with E-state index in [1.807, 2.05) is 4.72 Å². The molecule has 15 heavy (non-hydrogen) atoms. The first kappa shape index (κ1) is 11.8. The smallest absolute Gasteiger partial charge is 0.337 e. The summed E-state index contributed by atoms with van der Waals surface area (Å²) in [5.41, 5.74) is -0.162. The molecule has 0 aliphatic heterocycles. The first-order valence-corrected chi connectivity index (χ1v) is 5.55. The topological polar surface area (TPSA) is 109 Å². The van der Waals surface area contributed by atoms with Crippen LogP contribution >= 0.6 is 11.6 Å². The molecule has 1 rings (SSSR count). The number of carboxylic acids is 1. The highest BCUT2D eigenvalue weighted by atomic mass is 35.5. The van der Waals surface area contributed by atoms with Crippen LogP contribution in [-0.4, -0.2) is 19.5 Å². The zero-order chi connectivity index (χ0) is 11.6. The second-order valence-electron chi connectivity index (χ2n) is 2.65. The number of nitrogens with two attached hydrogens (primary N) is 1. The lowest BCUT2D eigenvalue weighted by atomic mass is 10.2. The van der Waals surface area contributed by atoms with Crippen molar-refractivity contribution in [2.24, 2.45) is 5.14 Å². The molecule has 0 radical (unpaired) electrons. The van der Waals surface area contributed by atoms with Crippen LogP contribution < -0.4 is 9.86 Å². The molecule has 0 aromatic heterocycles. The summed E-state index contributed by atoms with van der Waals surface area (Å²) in [5, 5.41) is 13.4. The van der Waals surface area contributed by atoms with Crippen LogP contribution in [-0.2, 0) is 10.2 Å². The molecule has 0 heterocycles. The number of hydrogen-bond donors (Lipinski definition) is 3. The van der Waals surface area contributed by atoms with Gasteiger partial charge in [0.1, 0.15) is 0 Å². The van der Waals surface area contributed by atoms with E-state index in [2.05, 4.69) is 0 Å². The Balaban J connectivity index is 3.14. The van der Waals surface area contributed by atoms with E-state index in [-0.39, 0.29) is 16.3 Å². The fourth-order valence-corrected chi connectivity index (χ4v) is 1.57. The van der Waals surface area contributed by atoms with Gasteiger partial charge in [-0.2, -0.15) is 8.42 Å². The van der Waals surface area contributed by atoms with Crippen molar-refractivity contribution in [1.29, 1.82) is 0 Å². The molecule has 0 atom stereocenters. The Morgan fingerprint density at radius 3 is 2.53 bits per heavy atom. The Bertz CT molecular complexity index is 500. The number of aromatic carboxylic acids is 1. The van der Waals surface area contributed by atoms with Crippen molar-refractivity contribution < 1.29 is 18.3 Å². The van der Waals surface area contributed by atoms with E-state index in [0.717, 1.165) is 6.07 Å². The highest BCUT2D eigenvalue weighted by molar-refractivity contribution is 7.90. The van der Waals surface area contributed by atoms with Crippen LogP contribution in [0.15, 0.2) is 18.2 Å². The number of benzene rings is 1. The monoisotopic (exact) mass is 250 g/mol. The van der Waals surface area contributed by atoms with E-state index in [0.29, 0.717) is 0 Å². The fraction of sp³-hybridized carbons (Fsp3) is 0. The van der Waals surface area contributed by atoms with Gasteiger partial charge in [0.25, 0.3) is 10.2 Å². The first-order chi connectivity index (χ1) is 6.79. The molecule has 8 heteroatoms. The molecule has 82 valence electrons. The average molecular weight is 251 g/mol. The quantitative estimate of drug-likeness (QED) is 0.732. The van der Waals surface area contributed by atoms with Crippen molar-refractivity contribution in [3.05, 3.63) is 28.8 Å². The molecule has 4 N–H and O–H groups in total. The van der Waals surface area contributed by atoms with Gasteiger partial charge in [-0.05, 0) is 18.2 Å². The van der Waals surface area contributed by atoms with Gasteiger partial charge in [-0.15, -0.1) is 0 Å². The van der Waals surface area contributed by atoms with Gasteiger partial charge in [0, 0.05) is 0 Å². The number of carboxylic acid groups (broad SMARTS) is 1. The number of hydrogen-bond acceptors (Lipinski definition) is 3. The predicted molar refractivity (Wildman–Crippen MR) is 55.1 cm³/mol. The molecule has 0 saturated carbocycles. The van der Waals surface area contributed by atoms with Crippen molar-refractivity contribution in [2.45, 2.75) is 0 Å². The number of carbonyl (C=O) groups is 1. The molecule has 0 amide bonds. The van der Waals surface area contributed by atoms with Crippen molar-refractivity contribution in [2.75, 3.05) is 4.72 Å². The molecule has 0 aliphatic rings. The van der Waals surface area contributed by atoms with Crippen molar-refractivity contribution in [3.8, 4) is 0 Å². The van der Waals surface area contributed by atoms with Gasteiger partial charge in [-0.3, -0.25) is 4.72 Å². The zero-order valence-corrected chi connectivity index (χ0v) is 8.84.